The molecule has 0 saturated heterocycles. The van der Waals surface area contributed by atoms with Gasteiger partial charge >= 0.3 is 6.16 Å². The molecule has 0 aromatic heterocycles. The zero-order valence-corrected chi connectivity index (χ0v) is 23.3. The first-order chi connectivity index (χ1) is 17.6. The van der Waals surface area contributed by atoms with E-state index in [1.54, 1.807) is 27.7 Å². The summed E-state index contributed by atoms with van der Waals surface area (Å²) in [6, 6.07) is 0. The highest BCUT2D eigenvalue weighted by Crippen LogP contribution is 2.71. The Morgan fingerprint density at radius 1 is 1.24 bits per heavy atom. The van der Waals surface area contributed by atoms with Gasteiger partial charge in [0.15, 0.2) is 17.1 Å². The number of aliphatic hydroxyl groups excluding tert-OH is 1. The summed E-state index contributed by atoms with van der Waals surface area (Å²) in [5.74, 6) is -2.88. The topological polar surface area (TPSA) is 133 Å². The SMILES string of the molecule is CCCOC(=O)O[C@]1(C(=O)COS(C)(=O)=O)[C@H](C)C[C@H]2[C@@H]3CCC4=CC(=O)C=C[C@]4(C)[C@@]3(F)[C@@H](O)C[C@@]21C. The Kier molecular flexibility index (Phi) is 7.23. The molecule has 3 saturated carbocycles. The average Bonchev–Trinajstić information content (AvgIpc) is 3.04. The van der Waals surface area contributed by atoms with Gasteiger partial charge in [-0.1, -0.05) is 32.4 Å². The van der Waals surface area contributed by atoms with Gasteiger partial charge in [-0.2, -0.15) is 8.42 Å². The van der Waals surface area contributed by atoms with Crippen molar-refractivity contribution in [1.82, 2.24) is 0 Å². The van der Waals surface area contributed by atoms with Crippen molar-refractivity contribution >= 4 is 27.8 Å². The molecule has 4 aliphatic carbocycles. The van der Waals surface area contributed by atoms with Crippen LogP contribution in [-0.2, 0) is 33.4 Å². The highest BCUT2D eigenvalue weighted by molar-refractivity contribution is 7.86. The molecule has 4 aliphatic rings. The van der Waals surface area contributed by atoms with Crippen LogP contribution in [0.4, 0.5) is 9.18 Å². The molecule has 8 atom stereocenters. The second kappa shape index (κ2) is 9.52. The van der Waals surface area contributed by atoms with Gasteiger partial charge in [-0.05, 0) is 57.1 Å². The summed E-state index contributed by atoms with van der Waals surface area (Å²) in [5.41, 5.74) is -5.89. The zero-order chi connectivity index (χ0) is 28.3. The Hall–Kier alpha value is -2.11. The van der Waals surface area contributed by atoms with Crippen LogP contribution in [0, 0.1) is 28.6 Å². The van der Waals surface area contributed by atoms with E-state index in [9.17, 15) is 27.9 Å². The third-order valence-corrected chi connectivity index (χ3v) is 10.2. The van der Waals surface area contributed by atoms with Gasteiger partial charge in [0.1, 0.15) is 6.61 Å². The summed E-state index contributed by atoms with van der Waals surface area (Å²) in [6.07, 6.45) is 3.81. The highest BCUT2D eigenvalue weighted by atomic mass is 32.2. The summed E-state index contributed by atoms with van der Waals surface area (Å²) >= 11 is 0. The van der Waals surface area contributed by atoms with Gasteiger partial charge in [-0.15, -0.1) is 0 Å². The van der Waals surface area contributed by atoms with Crippen molar-refractivity contribution in [2.45, 2.75) is 77.2 Å². The summed E-state index contributed by atoms with van der Waals surface area (Å²) in [4.78, 5) is 38.7. The van der Waals surface area contributed by atoms with Crippen LogP contribution in [0.1, 0.15) is 59.8 Å². The molecule has 0 aliphatic heterocycles. The number of halogens is 1. The van der Waals surface area contributed by atoms with Crippen LogP contribution >= 0.6 is 0 Å². The van der Waals surface area contributed by atoms with Crippen LogP contribution in [0.5, 0.6) is 0 Å². The van der Waals surface area contributed by atoms with E-state index in [1.807, 2.05) is 0 Å². The molecule has 3 fully saturated rings. The van der Waals surface area contributed by atoms with E-state index in [1.165, 1.54) is 18.2 Å². The van der Waals surface area contributed by atoms with Gasteiger partial charge in [-0.25, -0.2) is 9.18 Å². The Bertz CT molecular complexity index is 1190. The van der Waals surface area contributed by atoms with E-state index in [4.69, 9.17) is 13.7 Å². The molecule has 9 nitrogen and oxygen atoms in total. The number of ketones is 2. The molecular formula is C27H37FO9S. The first-order valence-electron chi connectivity index (χ1n) is 13.1. The molecule has 38 heavy (non-hydrogen) atoms. The number of Topliss-reactive ketones (excluding diaryl/α,β-unsaturated/α-hetero) is 1. The molecule has 0 amide bonds. The monoisotopic (exact) mass is 556 g/mol. The van der Waals surface area contributed by atoms with Gasteiger partial charge in [0.25, 0.3) is 10.1 Å². The molecule has 0 bridgehead atoms. The van der Waals surface area contributed by atoms with Crippen molar-refractivity contribution in [1.29, 1.82) is 0 Å². The first-order valence-corrected chi connectivity index (χ1v) is 14.9. The third-order valence-electron chi connectivity index (χ3n) is 9.67. The maximum atomic E-state index is 17.4. The Labute approximate surface area is 222 Å². The predicted octanol–water partition coefficient (Wildman–Crippen LogP) is 3.45. The number of allylic oxidation sites excluding steroid dienone is 4. The minimum Gasteiger partial charge on any atom is -0.434 e. The number of alkyl halides is 1. The van der Waals surface area contributed by atoms with Crippen LogP contribution in [0.25, 0.3) is 0 Å². The zero-order valence-electron chi connectivity index (χ0n) is 22.5. The maximum Gasteiger partial charge on any atom is 0.509 e. The van der Waals surface area contributed by atoms with E-state index in [0.717, 1.165) is 6.26 Å². The van der Waals surface area contributed by atoms with Gasteiger partial charge in [0, 0.05) is 22.7 Å². The molecule has 0 unspecified atom stereocenters. The van der Waals surface area contributed by atoms with Crippen molar-refractivity contribution in [3.8, 4) is 0 Å². The second-order valence-electron chi connectivity index (χ2n) is 11.7. The summed E-state index contributed by atoms with van der Waals surface area (Å²) in [6.45, 7) is 6.06. The van der Waals surface area contributed by atoms with Crippen LogP contribution in [0.3, 0.4) is 0 Å². The fourth-order valence-corrected chi connectivity index (χ4v) is 8.33. The van der Waals surface area contributed by atoms with E-state index in [0.29, 0.717) is 31.3 Å². The van der Waals surface area contributed by atoms with Crippen molar-refractivity contribution in [2.75, 3.05) is 19.5 Å². The van der Waals surface area contributed by atoms with Crippen LogP contribution in [0.15, 0.2) is 23.8 Å². The normalized spacial score (nSPS) is 42.0. The quantitative estimate of drug-likeness (QED) is 0.370. The molecule has 11 heteroatoms. The number of hydrogen-bond acceptors (Lipinski definition) is 9. The average molecular weight is 557 g/mol. The lowest BCUT2D eigenvalue weighted by atomic mass is 9.44. The number of fused-ring (bicyclic) bond motifs is 5. The lowest BCUT2D eigenvalue weighted by molar-refractivity contribution is -0.221. The van der Waals surface area contributed by atoms with Crippen LogP contribution in [-0.4, -0.2) is 68.1 Å². The molecule has 0 radical (unpaired) electrons. The van der Waals surface area contributed by atoms with Gasteiger partial charge < -0.3 is 14.6 Å². The van der Waals surface area contributed by atoms with Crippen molar-refractivity contribution in [2.24, 2.45) is 28.6 Å². The Balaban J connectivity index is 1.80. The number of rotatable bonds is 7. The lowest BCUT2D eigenvalue weighted by Crippen LogP contribution is -2.70. The van der Waals surface area contributed by atoms with Crippen LogP contribution < -0.4 is 0 Å². The van der Waals surface area contributed by atoms with E-state index in [-0.39, 0.29) is 18.8 Å². The molecule has 0 heterocycles. The smallest absolute Gasteiger partial charge is 0.434 e. The second-order valence-corrected chi connectivity index (χ2v) is 13.4. The molecule has 0 aromatic carbocycles. The molecule has 0 spiro atoms. The Morgan fingerprint density at radius 2 is 1.92 bits per heavy atom. The van der Waals surface area contributed by atoms with E-state index >= 15 is 4.39 Å². The van der Waals surface area contributed by atoms with Gasteiger partial charge in [0.05, 0.1) is 19.0 Å². The largest absolute Gasteiger partial charge is 0.509 e. The van der Waals surface area contributed by atoms with E-state index < -0.39 is 74.6 Å². The third kappa shape index (κ3) is 4.07. The molecule has 0 aromatic rings. The van der Waals surface area contributed by atoms with Gasteiger partial charge in [-0.3, -0.25) is 13.8 Å². The van der Waals surface area contributed by atoms with Gasteiger partial charge in [0.2, 0.25) is 5.78 Å². The molecule has 4 rings (SSSR count). The number of hydrogen-bond donors (Lipinski definition) is 1. The fraction of sp³-hybridized carbons (Fsp3) is 0.741. The fourth-order valence-electron chi connectivity index (χ4n) is 8.01. The van der Waals surface area contributed by atoms with E-state index in [2.05, 4.69) is 0 Å². The minimum absolute atomic E-state index is 0.0504. The summed E-state index contributed by atoms with van der Waals surface area (Å²) in [5, 5.41) is 11.5. The van der Waals surface area contributed by atoms with Crippen molar-refractivity contribution in [3.05, 3.63) is 23.8 Å². The number of carbonyl (C=O) groups excluding carboxylic acids is 3. The lowest BCUT2D eigenvalue weighted by Gasteiger charge is -2.62. The van der Waals surface area contributed by atoms with Crippen molar-refractivity contribution < 1.29 is 46.0 Å². The predicted molar refractivity (Wildman–Crippen MR) is 134 cm³/mol. The number of ether oxygens (including phenoxy) is 2. The van der Waals surface area contributed by atoms with Crippen molar-refractivity contribution in [3.63, 3.8) is 0 Å². The van der Waals surface area contributed by atoms with Crippen LogP contribution in [0.2, 0.25) is 0 Å². The standard InChI is InChI=1S/C27H37FO9S/c1-6-11-35-23(32)37-27(22(31)15-36-38(5,33)34)16(2)12-20-19-8-7-17-13-18(29)9-10-24(17,3)26(19,28)21(30)14-25(20,27)4/h9-10,13,16,19-21,30H,6-8,11-12,14-15H2,1-5H3/t16-,19+,20+,21+,24+,25+,26+,27+/m1/s1. The molecule has 212 valence electrons. The first kappa shape index (κ1) is 28.9. The summed E-state index contributed by atoms with van der Waals surface area (Å²) < 4.78 is 56.6. The Morgan fingerprint density at radius 3 is 2.55 bits per heavy atom. The maximum absolute atomic E-state index is 17.4. The number of aliphatic hydroxyl groups is 1. The minimum atomic E-state index is -3.99. The molecular weight excluding hydrogens is 519 g/mol. The number of carbonyl (C=O) groups is 3. The molecule has 1 N–H and O–H groups in total. The summed E-state index contributed by atoms with van der Waals surface area (Å²) in [7, 11) is -3.99. The highest BCUT2D eigenvalue weighted by Gasteiger charge is 2.77.